The summed E-state index contributed by atoms with van der Waals surface area (Å²) in [5.74, 6) is 0.194. The molecule has 162 valence electrons. The second-order valence-corrected chi connectivity index (χ2v) is 7.89. The van der Waals surface area contributed by atoms with E-state index in [2.05, 4.69) is 9.47 Å². The maximum Gasteiger partial charge on any atom is 0.269 e. The van der Waals surface area contributed by atoms with E-state index in [-0.39, 0.29) is 16.4 Å². The van der Waals surface area contributed by atoms with E-state index >= 15 is 0 Å². The van der Waals surface area contributed by atoms with Gasteiger partial charge in [0.1, 0.15) is 6.54 Å². The summed E-state index contributed by atoms with van der Waals surface area (Å²) in [6, 6.07) is 8.69. The summed E-state index contributed by atoms with van der Waals surface area (Å²) in [5.41, 5.74) is 4.08. The zero-order valence-corrected chi connectivity index (χ0v) is 18.0. The monoisotopic (exact) mass is 415 g/mol. The number of methoxy groups -OCH3 is 1. The quantitative estimate of drug-likeness (QED) is 0.291. The number of carbonyl (C=O) groups is 1. The molecule has 0 bridgehead atoms. The van der Waals surface area contributed by atoms with Crippen LogP contribution in [0, 0.1) is 24.0 Å². The van der Waals surface area contributed by atoms with Crippen LogP contribution in [0.4, 0.5) is 11.4 Å². The summed E-state index contributed by atoms with van der Waals surface area (Å²) >= 11 is 0. The van der Waals surface area contributed by atoms with E-state index in [1.165, 1.54) is 4.90 Å². The first-order valence-corrected chi connectivity index (χ1v) is 10.4. The number of rotatable bonds is 9. The average molecular weight is 416 g/mol. The van der Waals surface area contributed by atoms with Crippen molar-refractivity contribution < 1.29 is 19.4 Å². The zero-order chi connectivity index (χ0) is 21.7. The maximum absolute atomic E-state index is 12.9. The topological polar surface area (TPSA) is 82.0 Å². The molecular formula is C22H31N4O4+. The summed E-state index contributed by atoms with van der Waals surface area (Å²) in [6.07, 6.45) is 0.927. The van der Waals surface area contributed by atoms with E-state index in [0.29, 0.717) is 13.2 Å². The van der Waals surface area contributed by atoms with Crippen molar-refractivity contribution >= 4 is 17.2 Å². The fraction of sp³-hybridized carbons (Fsp3) is 0.500. The van der Waals surface area contributed by atoms with Gasteiger partial charge < -0.3 is 19.1 Å². The third-order valence-corrected chi connectivity index (χ3v) is 5.91. The first-order valence-electron chi connectivity index (χ1n) is 10.4. The number of anilines is 1. The number of ketones is 1. The molecule has 0 amide bonds. The summed E-state index contributed by atoms with van der Waals surface area (Å²) in [7, 11) is 1.70. The molecule has 1 N–H and O–H groups in total. The number of Topliss-reactive ketones (excluding diaryl/α,β-unsaturated/α-hetero) is 1. The van der Waals surface area contributed by atoms with E-state index in [4.69, 9.17) is 4.74 Å². The van der Waals surface area contributed by atoms with Gasteiger partial charge in [0, 0.05) is 55.0 Å². The molecular weight excluding hydrogens is 384 g/mol. The Hall–Kier alpha value is -2.71. The van der Waals surface area contributed by atoms with Crippen LogP contribution in [-0.2, 0) is 11.3 Å². The Morgan fingerprint density at radius 3 is 2.47 bits per heavy atom. The van der Waals surface area contributed by atoms with Crippen LogP contribution >= 0.6 is 0 Å². The van der Waals surface area contributed by atoms with Crippen molar-refractivity contribution in [3.8, 4) is 0 Å². The van der Waals surface area contributed by atoms with Crippen molar-refractivity contribution in [3.63, 3.8) is 0 Å². The summed E-state index contributed by atoms with van der Waals surface area (Å²) in [5, 5.41) is 10.8. The van der Waals surface area contributed by atoms with Crippen LogP contribution in [0.5, 0.6) is 0 Å². The van der Waals surface area contributed by atoms with Gasteiger partial charge in [-0.1, -0.05) is 0 Å². The number of non-ortho nitro benzene ring substituents is 1. The number of ether oxygens (including phenoxy) is 1. The highest BCUT2D eigenvalue weighted by atomic mass is 16.6. The average Bonchev–Trinajstić information content (AvgIpc) is 3.03. The van der Waals surface area contributed by atoms with Gasteiger partial charge in [0.2, 0.25) is 5.78 Å². The van der Waals surface area contributed by atoms with Crippen LogP contribution in [-0.4, -0.2) is 61.7 Å². The Kier molecular flexibility index (Phi) is 7.23. The minimum atomic E-state index is -0.383. The molecule has 0 radical (unpaired) electrons. The number of nitro groups is 1. The largest absolute Gasteiger partial charge is 0.385 e. The van der Waals surface area contributed by atoms with Gasteiger partial charge in [-0.15, -0.1) is 0 Å². The fourth-order valence-electron chi connectivity index (χ4n) is 4.16. The molecule has 1 aromatic carbocycles. The lowest BCUT2D eigenvalue weighted by Crippen LogP contribution is -3.15. The van der Waals surface area contributed by atoms with Gasteiger partial charge in [-0.05, 0) is 38.5 Å². The molecule has 2 aromatic rings. The third kappa shape index (κ3) is 5.06. The lowest BCUT2D eigenvalue weighted by molar-refractivity contribution is -0.892. The summed E-state index contributed by atoms with van der Waals surface area (Å²) in [6.45, 7) is 9.54. The van der Waals surface area contributed by atoms with E-state index in [1.54, 1.807) is 31.4 Å². The standard InChI is InChI=1S/C22H30N4O4/c1-17-15-21(18(2)25(17)9-4-14-30-3)22(27)16-23-10-12-24(13-11-23)19-5-7-20(8-6-19)26(28)29/h5-8,15H,4,9-14,16H2,1-3H3/p+1. The van der Waals surface area contributed by atoms with E-state index in [9.17, 15) is 14.9 Å². The molecule has 1 aliphatic rings. The van der Waals surface area contributed by atoms with Crippen molar-refractivity contribution in [1.29, 1.82) is 0 Å². The Morgan fingerprint density at radius 1 is 1.20 bits per heavy atom. The number of piperazine rings is 1. The number of hydrogen-bond donors (Lipinski definition) is 1. The third-order valence-electron chi connectivity index (χ3n) is 5.91. The van der Waals surface area contributed by atoms with Gasteiger partial charge in [-0.25, -0.2) is 0 Å². The van der Waals surface area contributed by atoms with Gasteiger partial charge in [0.05, 0.1) is 31.1 Å². The van der Waals surface area contributed by atoms with Gasteiger partial charge in [-0.2, -0.15) is 0 Å². The van der Waals surface area contributed by atoms with Crippen molar-refractivity contribution in [1.82, 2.24) is 4.57 Å². The molecule has 2 heterocycles. The number of nitrogens with zero attached hydrogens (tertiary/aromatic N) is 3. The molecule has 1 saturated heterocycles. The van der Waals surface area contributed by atoms with Crippen LogP contribution < -0.4 is 9.80 Å². The highest BCUT2D eigenvalue weighted by Gasteiger charge is 2.25. The maximum atomic E-state index is 12.9. The second-order valence-electron chi connectivity index (χ2n) is 7.89. The van der Waals surface area contributed by atoms with E-state index in [0.717, 1.165) is 61.8 Å². The number of benzene rings is 1. The second kappa shape index (κ2) is 9.86. The lowest BCUT2D eigenvalue weighted by Gasteiger charge is -2.33. The Bertz CT molecular complexity index is 883. The number of quaternary nitrogens is 1. The molecule has 1 aliphatic heterocycles. The van der Waals surface area contributed by atoms with Crippen LogP contribution in [0.25, 0.3) is 0 Å². The fourth-order valence-corrected chi connectivity index (χ4v) is 4.16. The predicted octanol–water partition coefficient (Wildman–Crippen LogP) is 1.64. The van der Waals surface area contributed by atoms with Crippen molar-refractivity contribution in [3.05, 3.63) is 57.4 Å². The Balaban J connectivity index is 1.55. The lowest BCUT2D eigenvalue weighted by atomic mass is 10.1. The van der Waals surface area contributed by atoms with Gasteiger partial charge >= 0.3 is 0 Å². The predicted molar refractivity (Wildman–Crippen MR) is 116 cm³/mol. The molecule has 0 saturated carbocycles. The van der Waals surface area contributed by atoms with Crippen molar-refractivity contribution in [2.45, 2.75) is 26.8 Å². The summed E-state index contributed by atoms with van der Waals surface area (Å²) < 4.78 is 7.34. The van der Waals surface area contributed by atoms with Crippen LogP contribution in [0.3, 0.4) is 0 Å². The number of hydrogen-bond acceptors (Lipinski definition) is 5. The number of aromatic nitrogens is 1. The number of aryl methyl sites for hydroxylation is 1. The van der Waals surface area contributed by atoms with Gasteiger partial charge in [0.15, 0.2) is 0 Å². The van der Waals surface area contributed by atoms with Gasteiger partial charge in [0.25, 0.3) is 5.69 Å². The number of nitrogens with one attached hydrogen (secondary N) is 1. The smallest absolute Gasteiger partial charge is 0.269 e. The number of carbonyl (C=O) groups excluding carboxylic acids is 1. The highest BCUT2D eigenvalue weighted by molar-refractivity contribution is 5.98. The van der Waals surface area contributed by atoms with E-state index in [1.807, 2.05) is 19.9 Å². The van der Waals surface area contributed by atoms with Crippen molar-refractivity contribution in [2.75, 3.05) is 51.3 Å². The number of nitro benzene ring substituents is 1. The molecule has 0 aliphatic carbocycles. The van der Waals surface area contributed by atoms with Crippen LogP contribution in [0.2, 0.25) is 0 Å². The molecule has 3 rings (SSSR count). The Labute approximate surface area is 177 Å². The molecule has 0 spiro atoms. The molecule has 8 nitrogen and oxygen atoms in total. The highest BCUT2D eigenvalue weighted by Crippen LogP contribution is 2.19. The van der Waals surface area contributed by atoms with Gasteiger partial charge in [-0.3, -0.25) is 14.9 Å². The van der Waals surface area contributed by atoms with Crippen LogP contribution in [0.15, 0.2) is 30.3 Å². The molecule has 1 aromatic heterocycles. The molecule has 30 heavy (non-hydrogen) atoms. The molecule has 0 unspecified atom stereocenters. The Morgan fingerprint density at radius 2 is 1.87 bits per heavy atom. The minimum absolute atomic E-state index is 0.105. The molecule has 8 heteroatoms. The minimum Gasteiger partial charge on any atom is -0.385 e. The van der Waals surface area contributed by atoms with E-state index < -0.39 is 0 Å². The molecule has 0 atom stereocenters. The summed E-state index contributed by atoms with van der Waals surface area (Å²) in [4.78, 5) is 26.9. The first kappa shape index (κ1) is 22.0. The molecule has 1 fully saturated rings. The van der Waals surface area contributed by atoms with Crippen LogP contribution in [0.1, 0.15) is 28.2 Å². The normalized spacial score (nSPS) is 14.8. The SMILES string of the molecule is COCCCn1c(C)cc(C(=O)C[NH+]2CCN(c3ccc([N+](=O)[O-])cc3)CC2)c1C. The first-order chi connectivity index (χ1) is 14.4. The van der Waals surface area contributed by atoms with Crippen molar-refractivity contribution in [2.24, 2.45) is 0 Å². The zero-order valence-electron chi connectivity index (χ0n) is 18.0.